The topological polar surface area (TPSA) is 77.0 Å². The number of esters is 1. The molecule has 3 aromatic carbocycles. The van der Waals surface area contributed by atoms with Gasteiger partial charge in [-0.2, -0.15) is 5.10 Å². The quantitative estimate of drug-likeness (QED) is 0.189. The van der Waals surface area contributed by atoms with Gasteiger partial charge in [0.1, 0.15) is 0 Å². The summed E-state index contributed by atoms with van der Waals surface area (Å²) in [5.74, 6) is -0.380. The lowest BCUT2D eigenvalue weighted by molar-refractivity contribution is 0.0728. The third kappa shape index (κ3) is 6.23. The number of carbonyl (C=O) groups excluding carboxylic acids is 2. The number of carbonyl (C=O) groups is 2. The second-order valence-electron chi connectivity index (χ2n) is 6.36. The molecular formula is C23H17Cl3N2O4. The standard InChI is InChI=1S/C23H17Cl3N2O4/c1-2-31-21-11-14(13-27-28-22(29)16-6-9-18(25)19(26)12-16)3-10-20(21)32-23(30)15-4-7-17(24)8-5-15/h3-13H,2H2,1H3,(H,28,29)/b27-13-. The highest BCUT2D eigenvalue weighted by Crippen LogP contribution is 2.29. The van der Waals surface area contributed by atoms with E-state index in [1.165, 1.54) is 24.4 Å². The van der Waals surface area contributed by atoms with Crippen LogP contribution in [0.5, 0.6) is 11.5 Å². The number of hydrazone groups is 1. The average Bonchev–Trinajstić information content (AvgIpc) is 2.77. The van der Waals surface area contributed by atoms with E-state index in [9.17, 15) is 9.59 Å². The number of hydrogen-bond donors (Lipinski definition) is 1. The highest BCUT2D eigenvalue weighted by molar-refractivity contribution is 6.42. The maximum absolute atomic E-state index is 12.4. The van der Waals surface area contributed by atoms with Gasteiger partial charge >= 0.3 is 5.97 Å². The predicted octanol–water partition coefficient (Wildman–Crippen LogP) is 6.03. The summed E-state index contributed by atoms with van der Waals surface area (Å²) < 4.78 is 11.0. The van der Waals surface area contributed by atoms with Gasteiger partial charge in [-0.1, -0.05) is 34.8 Å². The lowest BCUT2D eigenvalue weighted by Crippen LogP contribution is -2.17. The van der Waals surface area contributed by atoms with E-state index in [-0.39, 0.29) is 10.8 Å². The third-order valence-electron chi connectivity index (χ3n) is 4.11. The molecule has 1 amide bonds. The summed E-state index contributed by atoms with van der Waals surface area (Å²) in [6.07, 6.45) is 1.43. The molecule has 1 N–H and O–H groups in total. The highest BCUT2D eigenvalue weighted by atomic mass is 35.5. The van der Waals surface area contributed by atoms with Crippen molar-refractivity contribution in [2.24, 2.45) is 5.10 Å². The Kier molecular flexibility index (Phi) is 8.11. The van der Waals surface area contributed by atoms with E-state index in [2.05, 4.69) is 10.5 Å². The van der Waals surface area contributed by atoms with Crippen LogP contribution in [-0.2, 0) is 0 Å². The van der Waals surface area contributed by atoms with Gasteiger partial charge in [0.15, 0.2) is 11.5 Å². The fourth-order valence-electron chi connectivity index (χ4n) is 2.57. The number of amides is 1. The zero-order chi connectivity index (χ0) is 23.1. The van der Waals surface area contributed by atoms with E-state index in [1.807, 2.05) is 6.92 Å². The Balaban J connectivity index is 1.70. The van der Waals surface area contributed by atoms with Crippen LogP contribution in [0, 0.1) is 0 Å². The van der Waals surface area contributed by atoms with Crippen molar-refractivity contribution in [3.05, 3.63) is 92.4 Å². The molecule has 0 aromatic heterocycles. The van der Waals surface area contributed by atoms with Crippen LogP contribution in [-0.4, -0.2) is 24.7 Å². The van der Waals surface area contributed by atoms with Crippen molar-refractivity contribution in [1.82, 2.24) is 5.43 Å². The summed E-state index contributed by atoms with van der Waals surface area (Å²) in [6.45, 7) is 2.17. The van der Waals surface area contributed by atoms with Gasteiger partial charge in [0, 0.05) is 10.6 Å². The number of hydrogen-bond acceptors (Lipinski definition) is 5. The van der Waals surface area contributed by atoms with Crippen LogP contribution in [0.15, 0.2) is 65.8 Å². The minimum Gasteiger partial charge on any atom is -0.490 e. The molecule has 0 unspecified atom stereocenters. The predicted molar refractivity (Wildman–Crippen MR) is 126 cm³/mol. The Morgan fingerprint density at radius 2 is 1.62 bits per heavy atom. The molecule has 0 atom stereocenters. The molecule has 6 nitrogen and oxygen atoms in total. The van der Waals surface area contributed by atoms with Gasteiger partial charge < -0.3 is 9.47 Å². The summed E-state index contributed by atoms with van der Waals surface area (Å²) in [5.41, 5.74) is 3.70. The van der Waals surface area contributed by atoms with Crippen LogP contribution < -0.4 is 14.9 Å². The Morgan fingerprint density at radius 1 is 0.906 bits per heavy atom. The first-order chi connectivity index (χ1) is 15.4. The van der Waals surface area contributed by atoms with Crippen molar-refractivity contribution in [2.75, 3.05) is 6.61 Å². The zero-order valence-corrected chi connectivity index (χ0v) is 19.0. The van der Waals surface area contributed by atoms with Gasteiger partial charge in [-0.3, -0.25) is 4.79 Å². The monoisotopic (exact) mass is 490 g/mol. The molecule has 0 radical (unpaired) electrons. The number of nitrogens with one attached hydrogen (secondary N) is 1. The van der Waals surface area contributed by atoms with Crippen LogP contribution in [0.3, 0.4) is 0 Å². The van der Waals surface area contributed by atoms with Gasteiger partial charge in [-0.25, -0.2) is 10.2 Å². The minimum atomic E-state index is -0.544. The summed E-state index contributed by atoms with van der Waals surface area (Å²) in [5, 5.41) is 5.09. The first-order valence-corrected chi connectivity index (χ1v) is 10.5. The maximum atomic E-state index is 12.4. The van der Waals surface area contributed by atoms with Crippen molar-refractivity contribution in [3.8, 4) is 11.5 Å². The Labute approximate surface area is 199 Å². The second-order valence-corrected chi connectivity index (χ2v) is 7.61. The normalized spacial score (nSPS) is 10.8. The molecule has 0 aliphatic heterocycles. The molecule has 0 saturated carbocycles. The number of ether oxygens (including phenoxy) is 2. The van der Waals surface area contributed by atoms with Gasteiger partial charge in [-0.15, -0.1) is 0 Å². The first-order valence-electron chi connectivity index (χ1n) is 9.40. The van der Waals surface area contributed by atoms with Crippen molar-refractivity contribution < 1.29 is 19.1 Å². The molecule has 3 rings (SSSR count). The van der Waals surface area contributed by atoms with Gasteiger partial charge in [0.05, 0.1) is 28.4 Å². The Morgan fingerprint density at radius 3 is 2.31 bits per heavy atom. The van der Waals surface area contributed by atoms with Gasteiger partial charge in [0.2, 0.25) is 0 Å². The summed E-state index contributed by atoms with van der Waals surface area (Å²) >= 11 is 17.6. The van der Waals surface area contributed by atoms with Gasteiger partial charge in [-0.05, 0) is 73.2 Å². The molecule has 0 aliphatic rings. The largest absolute Gasteiger partial charge is 0.490 e. The number of nitrogens with zero attached hydrogens (tertiary/aromatic N) is 1. The highest BCUT2D eigenvalue weighted by Gasteiger charge is 2.13. The molecule has 0 bridgehead atoms. The smallest absolute Gasteiger partial charge is 0.343 e. The average molecular weight is 492 g/mol. The number of benzene rings is 3. The van der Waals surface area contributed by atoms with Crippen molar-refractivity contribution in [2.45, 2.75) is 6.92 Å². The molecule has 3 aromatic rings. The Bertz CT molecular complexity index is 1160. The van der Waals surface area contributed by atoms with Crippen molar-refractivity contribution >= 4 is 52.9 Å². The van der Waals surface area contributed by atoms with Crippen LogP contribution in [0.25, 0.3) is 0 Å². The van der Waals surface area contributed by atoms with Gasteiger partial charge in [0.25, 0.3) is 5.91 Å². The molecule has 0 fully saturated rings. The van der Waals surface area contributed by atoms with E-state index < -0.39 is 11.9 Å². The number of halogens is 3. The maximum Gasteiger partial charge on any atom is 0.343 e. The van der Waals surface area contributed by atoms with Crippen LogP contribution >= 0.6 is 34.8 Å². The lowest BCUT2D eigenvalue weighted by atomic mass is 10.2. The Hall–Kier alpha value is -3.06. The molecule has 0 saturated heterocycles. The number of rotatable bonds is 7. The van der Waals surface area contributed by atoms with Crippen molar-refractivity contribution in [1.29, 1.82) is 0 Å². The van der Waals surface area contributed by atoms with Crippen LogP contribution in [0.4, 0.5) is 0 Å². The molecule has 164 valence electrons. The van der Waals surface area contributed by atoms with E-state index in [0.29, 0.717) is 39.1 Å². The summed E-state index contributed by atoms with van der Waals surface area (Å²) in [4.78, 5) is 24.6. The molecule has 32 heavy (non-hydrogen) atoms. The molecule has 0 heterocycles. The van der Waals surface area contributed by atoms with Crippen LogP contribution in [0.1, 0.15) is 33.2 Å². The first kappa shape index (κ1) is 23.6. The molecular weight excluding hydrogens is 475 g/mol. The lowest BCUT2D eigenvalue weighted by Gasteiger charge is -2.11. The molecule has 9 heteroatoms. The molecule has 0 spiro atoms. The minimum absolute atomic E-state index is 0.254. The zero-order valence-electron chi connectivity index (χ0n) is 16.8. The van der Waals surface area contributed by atoms with Crippen LogP contribution in [0.2, 0.25) is 15.1 Å². The summed E-state index contributed by atoms with van der Waals surface area (Å²) in [7, 11) is 0. The fraction of sp³-hybridized carbons (Fsp3) is 0.0870. The van der Waals surface area contributed by atoms with E-state index in [1.54, 1.807) is 42.5 Å². The molecule has 0 aliphatic carbocycles. The fourth-order valence-corrected chi connectivity index (χ4v) is 2.99. The second kappa shape index (κ2) is 11.0. The SMILES string of the molecule is CCOc1cc(/C=N\NC(=O)c2ccc(Cl)c(Cl)c2)ccc1OC(=O)c1ccc(Cl)cc1. The van der Waals surface area contributed by atoms with E-state index in [0.717, 1.165) is 0 Å². The van der Waals surface area contributed by atoms with E-state index >= 15 is 0 Å². The van der Waals surface area contributed by atoms with Crippen molar-refractivity contribution in [3.63, 3.8) is 0 Å². The summed E-state index contributed by atoms with van der Waals surface area (Å²) in [6, 6.07) is 15.8. The third-order valence-corrected chi connectivity index (χ3v) is 5.10. The van der Waals surface area contributed by atoms with E-state index in [4.69, 9.17) is 44.3 Å².